The van der Waals surface area contributed by atoms with Gasteiger partial charge in [-0.05, 0) is 115 Å². The minimum absolute atomic E-state index is 0.211. The van der Waals surface area contributed by atoms with E-state index in [2.05, 4.69) is 155 Å². The smallest absolute Gasteiger partial charge is 0.0541 e. The maximum absolute atomic E-state index is 2.51. The second-order valence-electron chi connectivity index (χ2n) is 15.1. The van der Waals surface area contributed by atoms with Gasteiger partial charge in [0.25, 0.3) is 0 Å². The van der Waals surface area contributed by atoms with Gasteiger partial charge in [0.05, 0.1) is 22.1 Å². The maximum atomic E-state index is 2.51. The van der Waals surface area contributed by atoms with Gasteiger partial charge in [0.2, 0.25) is 0 Å². The summed E-state index contributed by atoms with van der Waals surface area (Å²) in [5.74, 6) is 3.07. The zero-order chi connectivity index (χ0) is 31.4. The van der Waals surface area contributed by atoms with Gasteiger partial charge in [-0.3, -0.25) is 0 Å². The lowest BCUT2D eigenvalue weighted by atomic mass is 9.42. The van der Waals surface area contributed by atoms with Crippen LogP contribution in [0.25, 0.3) is 55.0 Å². The molecule has 4 aliphatic carbocycles. The molecule has 0 saturated heterocycles. The third-order valence-electron chi connectivity index (χ3n) is 12.7. The molecule has 4 bridgehead atoms. The summed E-state index contributed by atoms with van der Waals surface area (Å²) in [5, 5.41) is 5.29. The minimum atomic E-state index is 0.211. The van der Waals surface area contributed by atoms with Crippen molar-refractivity contribution in [3.8, 4) is 11.4 Å². The van der Waals surface area contributed by atoms with E-state index in [4.69, 9.17) is 0 Å². The molecule has 0 aliphatic heterocycles. The molecule has 12 rings (SSSR count). The molecule has 2 heterocycles. The molecule has 4 aliphatic rings. The van der Waals surface area contributed by atoms with Crippen LogP contribution in [0.5, 0.6) is 0 Å². The highest BCUT2D eigenvalue weighted by atomic mass is 15.0. The van der Waals surface area contributed by atoms with Crippen molar-refractivity contribution < 1.29 is 0 Å². The molecule has 3 unspecified atom stereocenters. The highest BCUT2D eigenvalue weighted by Gasteiger charge is 2.57. The monoisotopic (exact) mass is 618 g/mol. The largest absolute Gasteiger partial charge is 0.309 e. The van der Waals surface area contributed by atoms with Crippen LogP contribution in [0.1, 0.15) is 49.1 Å². The molecule has 2 heteroatoms. The highest BCUT2D eigenvalue weighted by molar-refractivity contribution is 6.10. The van der Waals surface area contributed by atoms with Crippen LogP contribution in [0.3, 0.4) is 0 Å². The van der Waals surface area contributed by atoms with Gasteiger partial charge in [-0.1, -0.05) is 97.1 Å². The Morgan fingerprint density at radius 3 is 1.25 bits per heavy atom. The second-order valence-corrected chi connectivity index (χ2v) is 15.1. The summed E-state index contributed by atoms with van der Waals surface area (Å²) in [5.41, 5.74) is 10.9. The zero-order valence-corrected chi connectivity index (χ0v) is 27.1. The lowest BCUT2D eigenvalue weighted by Gasteiger charge is -2.62. The summed E-state index contributed by atoms with van der Waals surface area (Å²) in [6, 6.07) is 55.0. The summed E-state index contributed by atoms with van der Waals surface area (Å²) in [4.78, 5) is 0. The third kappa shape index (κ3) is 3.69. The van der Waals surface area contributed by atoms with Crippen LogP contribution in [0.2, 0.25) is 0 Å². The summed E-state index contributed by atoms with van der Waals surface area (Å²) >= 11 is 0. The summed E-state index contributed by atoms with van der Waals surface area (Å²) < 4.78 is 4.91. The molecule has 0 N–H and O–H groups in total. The molecule has 3 atom stereocenters. The van der Waals surface area contributed by atoms with Crippen LogP contribution in [-0.4, -0.2) is 9.13 Å². The van der Waals surface area contributed by atoms with Gasteiger partial charge < -0.3 is 9.13 Å². The van der Waals surface area contributed by atoms with Gasteiger partial charge in [-0.25, -0.2) is 0 Å². The van der Waals surface area contributed by atoms with Crippen LogP contribution in [0.4, 0.5) is 0 Å². The van der Waals surface area contributed by atoms with Crippen LogP contribution >= 0.6 is 0 Å². The fourth-order valence-electron chi connectivity index (χ4n) is 11.2. The molecule has 2 nitrogen and oxygen atoms in total. The average molecular weight is 619 g/mol. The molecular weight excluding hydrogens is 581 g/mol. The van der Waals surface area contributed by atoms with Gasteiger partial charge >= 0.3 is 0 Å². The van der Waals surface area contributed by atoms with E-state index in [1.54, 1.807) is 5.56 Å². The first-order chi connectivity index (χ1) is 23.7. The Kier molecular flexibility index (Phi) is 5.59. The van der Waals surface area contributed by atoms with Crippen molar-refractivity contribution in [1.29, 1.82) is 0 Å². The number of hydrogen-bond acceptors (Lipinski definition) is 0. The minimum Gasteiger partial charge on any atom is -0.309 e. The molecule has 4 fully saturated rings. The van der Waals surface area contributed by atoms with E-state index in [0.29, 0.717) is 5.92 Å². The van der Waals surface area contributed by atoms with Gasteiger partial charge in [-0.15, -0.1) is 0 Å². The van der Waals surface area contributed by atoms with Gasteiger partial charge in [0.1, 0.15) is 0 Å². The average Bonchev–Trinajstić information content (AvgIpc) is 3.65. The molecule has 0 amide bonds. The third-order valence-corrected chi connectivity index (χ3v) is 12.7. The van der Waals surface area contributed by atoms with E-state index in [-0.39, 0.29) is 5.41 Å². The predicted octanol–water partition coefficient (Wildman–Crippen LogP) is 11.7. The van der Waals surface area contributed by atoms with Crippen molar-refractivity contribution in [3.63, 3.8) is 0 Å². The summed E-state index contributed by atoms with van der Waals surface area (Å²) in [7, 11) is 0. The zero-order valence-electron chi connectivity index (χ0n) is 27.1. The lowest BCUT2D eigenvalue weighted by molar-refractivity contribution is -0.0280. The quantitative estimate of drug-likeness (QED) is 0.186. The number of benzene rings is 6. The molecule has 0 spiro atoms. The number of rotatable bonds is 4. The Morgan fingerprint density at radius 1 is 0.417 bits per heavy atom. The fraction of sp³-hybridized carbons (Fsp3) is 0.217. The van der Waals surface area contributed by atoms with Gasteiger partial charge in [0.15, 0.2) is 0 Å². The summed E-state index contributed by atoms with van der Waals surface area (Å²) in [6.45, 7) is 0. The SMILES string of the molecule is c1ccc2c(c1)c1ccccc1n2-c1ccc(C2C3CC4CC(C3)CC2(c2ccc(-n3c5ccccc5c5ccccc53)cc2)C4)cc1. The van der Waals surface area contributed by atoms with E-state index in [1.807, 2.05) is 0 Å². The number of hydrogen-bond donors (Lipinski definition) is 0. The number of para-hydroxylation sites is 4. The topological polar surface area (TPSA) is 9.86 Å². The van der Waals surface area contributed by atoms with E-state index >= 15 is 0 Å². The van der Waals surface area contributed by atoms with Crippen LogP contribution in [-0.2, 0) is 5.41 Å². The van der Waals surface area contributed by atoms with E-state index in [0.717, 1.165) is 17.8 Å². The van der Waals surface area contributed by atoms with E-state index in [9.17, 15) is 0 Å². The molecule has 232 valence electrons. The standard InChI is InChI=1S/C46H38N2/c1-5-13-41-37(9-1)38-10-2-6-14-42(38)47(41)35-21-17-32(18-22-35)45-33-26-30-25-31(27-33)29-46(45,28-30)34-19-23-36(24-20-34)48-43-15-7-3-11-39(43)40-12-4-8-16-44(40)48/h1-24,30-31,33,45H,25-29H2. The molecule has 4 saturated carbocycles. The Bertz CT molecular complexity index is 2390. The van der Waals surface area contributed by atoms with Crippen molar-refractivity contribution in [2.24, 2.45) is 17.8 Å². The lowest BCUT2D eigenvalue weighted by Crippen LogP contribution is -2.53. The van der Waals surface area contributed by atoms with Crippen molar-refractivity contribution in [3.05, 3.63) is 157 Å². The number of nitrogens with zero attached hydrogens (tertiary/aromatic N) is 2. The van der Waals surface area contributed by atoms with Crippen LogP contribution in [0, 0.1) is 17.8 Å². The van der Waals surface area contributed by atoms with Crippen LogP contribution in [0.15, 0.2) is 146 Å². The van der Waals surface area contributed by atoms with Crippen molar-refractivity contribution in [1.82, 2.24) is 9.13 Å². The van der Waals surface area contributed by atoms with Crippen molar-refractivity contribution in [2.75, 3.05) is 0 Å². The first-order valence-corrected chi connectivity index (χ1v) is 17.9. The molecule has 8 aromatic rings. The Hall–Kier alpha value is -5.08. The molecule has 2 aromatic heterocycles. The molecule has 0 radical (unpaired) electrons. The molecule has 6 aromatic carbocycles. The van der Waals surface area contributed by atoms with Gasteiger partial charge in [0, 0.05) is 38.3 Å². The maximum Gasteiger partial charge on any atom is 0.0541 e. The van der Waals surface area contributed by atoms with E-state index < -0.39 is 0 Å². The molecule has 48 heavy (non-hydrogen) atoms. The fourth-order valence-corrected chi connectivity index (χ4v) is 11.2. The highest BCUT2D eigenvalue weighted by Crippen LogP contribution is 2.66. The second kappa shape index (κ2) is 9.97. The summed E-state index contributed by atoms with van der Waals surface area (Å²) in [6.07, 6.45) is 6.90. The first-order valence-electron chi connectivity index (χ1n) is 17.9. The van der Waals surface area contributed by atoms with Crippen molar-refractivity contribution in [2.45, 2.75) is 43.4 Å². The van der Waals surface area contributed by atoms with Crippen molar-refractivity contribution >= 4 is 43.6 Å². The Labute approximate surface area is 281 Å². The normalized spacial score (nSPS) is 24.8. The Morgan fingerprint density at radius 2 is 0.812 bits per heavy atom. The molecular formula is C46H38N2. The Balaban J connectivity index is 1.01. The predicted molar refractivity (Wildman–Crippen MR) is 200 cm³/mol. The van der Waals surface area contributed by atoms with E-state index in [1.165, 1.54) is 92.7 Å². The van der Waals surface area contributed by atoms with Gasteiger partial charge in [-0.2, -0.15) is 0 Å². The van der Waals surface area contributed by atoms with Crippen LogP contribution < -0.4 is 0 Å². The first kappa shape index (κ1) is 26.9. The number of aromatic nitrogens is 2. The number of fused-ring (bicyclic) bond motifs is 6.